The quantitative estimate of drug-likeness (QED) is 0.844. The molecule has 1 aliphatic heterocycles. The van der Waals surface area contributed by atoms with Crippen LogP contribution in [-0.4, -0.2) is 43.9 Å². The van der Waals surface area contributed by atoms with E-state index in [1.807, 2.05) is 6.92 Å². The van der Waals surface area contributed by atoms with Crippen molar-refractivity contribution in [2.75, 3.05) is 13.1 Å². The summed E-state index contributed by atoms with van der Waals surface area (Å²) in [6, 6.07) is 2.83. The maximum Gasteiger partial charge on any atom is 0.137 e. The highest BCUT2D eigenvalue weighted by atomic mass is 19.1. The van der Waals surface area contributed by atoms with Crippen LogP contribution in [0.3, 0.4) is 0 Å². The minimum Gasteiger partial charge on any atom is -0.381 e. The summed E-state index contributed by atoms with van der Waals surface area (Å²) < 4.78 is 29.3. The van der Waals surface area contributed by atoms with Crippen molar-refractivity contribution in [3.8, 4) is 0 Å². The summed E-state index contributed by atoms with van der Waals surface area (Å²) in [6.45, 7) is 7.31. The van der Waals surface area contributed by atoms with E-state index in [2.05, 4.69) is 21.6 Å². The van der Waals surface area contributed by atoms with Crippen molar-refractivity contribution in [2.24, 2.45) is 0 Å². The summed E-state index contributed by atoms with van der Waals surface area (Å²) in [5.41, 5.74) is -0.461. The van der Waals surface area contributed by atoms with Gasteiger partial charge in [0.2, 0.25) is 0 Å². The second-order valence-corrected chi connectivity index (χ2v) is 6.64. The van der Waals surface area contributed by atoms with Crippen LogP contribution in [0.4, 0.5) is 8.78 Å². The van der Waals surface area contributed by atoms with Gasteiger partial charge >= 0.3 is 0 Å². The van der Waals surface area contributed by atoms with E-state index in [4.69, 9.17) is 0 Å². The molecule has 0 radical (unpaired) electrons. The third-order valence-electron chi connectivity index (χ3n) is 4.91. The van der Waals surface area contributed by atoms with E-state index in [1.54, 1.807) is 0 Å². The molecule has 1 aromatic heterocycles. The first-order valence-electron chi connectivity index (χ1n) is 8.31. The van der Waals surface area contributed by atoms with Gasteiger partial charge in [0, 0.05) is 24.2 Å². The van der Waals surface area contributed by atoms with Gasteiger partial charge in [0.25, 0.3) is 0 Å². The number of aromatic nitrogens is 3. The monoisotopic (exact) mass is 348 g/mol. The van der Waals surface area contributed by atoms with E-state index in [-0.39, 0.29) is 12.1 Å². The van der Waals surface area contributed by atoms with Gasteiger partial charge < -0.3 is 5.11 Å². The first kappa shape index (κ1) is 17.7. The van der Waals surface area contributed by atoms with Crippen molar-refractivity contribution in [1.29, 1.82) is 0 Å². The van der Waals surface area contributed by atoms with E-state index in [9.17, 15) is 13.9 Å². The lowest BCUT2D eigenvalue weighted by molar-refractivity contribution is -0.0641. The molecule has 1 fully saturated rings. The molecule has 1 saturated heterocycles. The van der Waals surface area contributed by atoms with E-state index in [0.29, 0.717) is 6.54 Å². The highest BCUT2D eigenvalue weighted by Gasteiger charge is 2.42. The van der Waals surface area contributed by atoms with Gasteiger partial charge in [-0.15, -0.1) is 0 Å². The van der Waals surface area contributed by atoms with E-state index >= 15 is 0 Å². The Labute approximate surface area is 145 Å². The molecule has 0 saturated carbocycles. The Kier molecular flexibility index (Phi) is 4.96. The molecule has 134 valence electrons. The van der Waals surface area contributed by atoms with Crippen molar-refractivity contribution in [3.63, 3.8) is 0 Å². The third kappa shape index (κ3) is 3.62. The number of rotatable bonds is 5. The molecule has 0 unspecified atom stereocenters. The fourth-order valence-corrected chi connectivity index (χ4v) is 3.45. The second-order valence-electron chi connectivity index (χ2n) is 6.64. The molecule has 1 aromatic carbocycles. The van der Waals surface area contributed by atoms with Crippen LogP contribution < -0.4 is 0 Å². The van der Waals surface area contributed by atoms with Crippen LogP contribution >= 0.6 is 0 Å². The SMILES string of the molecule is C=C1CCCN([C@@H](C)[C@@](O)(Cn2cncn2)c2ccc(F)cc2F)C1. The first-order valence-corrected chi connectivity index (χ1v) is 8.31. The molecular formula is C18H22F2N4O. The molecule has 1 N–H and O–H groups in total. The Morgan fingerprint density at radius 1 is 1.40 bits per heavy atom. The Morgan fingerprint density at radius 3 is 2.84 bits per heavy atom. The van der Waals surface area contributed by atoms with Crippen molar-refractivity contribution < 1.29 is 13.9 Å². The zero-order valence-electron chi connectivity index (χ0n) is 14.2. The van der Waals surface area contributed by atoms with Crippen LogP contribution in [0, 0.1) is 11.6 Å². The van der Waals surface area contributed by atoms with Crippen molar-refractivity contribution >= 4 is 0 Å². The van der Waals surface area contributed by atoms with Crippen molar-refractivity contribution in [3.05, 3.63) is 60.2 Å². The molecular weight excluding hydrogens is 326 g/mol. The zero-order chi connectivity index (χ0) is 18.0. The molecule has 0 aliphatic carbocycles. The molecule has 0 amide bonds. The minimum absolute atomic E-state index is 0.0136. The summed E-state index contributed by atoms with van der Waals surface area (Å²) in [5, 5.41) is 15.5. The van der Waals surface area contributed by atoms with Gasteiger partial charge in [-0.25, -0.2) is 18.4 Å². The average Bonchev–Trinajstić information content (AvgIpc) is 3.06. The van der Waals surface area contributed by atoms with Crippen LogP contribution in [0.1, 0.15) is 25.3 Å². The van der Waals surface area contributed by atoms with Gasteiger partial charge in [0.15, 0.2) is 0 Å². The summed E-state index contributed by atoms with van der Waals surface area (Å²) in [5.74, 6) is -1.45. The first-order chi connectivity index (χ1) is 11.9. The van der Waals surface area contributed by atoms with Crippen LogP contribution in [0.25, 0.3) is 0 Å². The number of halogens is 2. The number of likely N-dealkylation sites (tertiary alicyclic amines) is 1. The fourth-order valence-electron chi connectivity index (χ4n) is 3.45. The molecule has 1 aliphatic rings. The number of aliphatic hydroxyl groups is 1. The topological polar surface area (TPSA) is 54.2 Å². The van der Waals surface area contributed by atoms with Gasteiger partial charge in [-0.1, -0.05) is 18.2 Å². The number of benzene rings is 1. The van der Waals surface area contributed by atoms with Gasteiger partial charge in [-0.05, 0) is 32.4 Å². The Morgan fingerprint density at radius 2 is 2.20 bits per heavy atom. The largest absolute Gasteiger partial charge is 0.381 e. The van der Waals surface area contributed by atoms with Crippen molar-refractivity contribution in [1.82, 2.24) is 19.7 Å². The molecule has 3 rings (SSSR count). The van der Waals surface area contributed by atoms with Gasteiger partial charge in [0.1, 0.15) is 29.9 Å². The molecule has 7 heteroatoms. The number of piperidine rings is 1. The van der Waals surface area contributed by atoms with Crippen LogP contribution in [0.15, 0.2) is 43.0 Å². The van der Waals surface area contributed by atoms with Gasteiger partial charge in [-0.2, -0.15) is 5.10 Å². The highest BCUT2D eigenvalue weighted by Crippen LogP contribution is 2.34. The molecule has 25 heavy (non-hydrogen) atoms. The third-order valence-corrected chi connectivity index (χ3v) is 4.91. The highest BCUT2D eigenvalue weighted by molar-refractivity contribution is 5.27. The lowest BCUT2D eigenvalue weighted by atomic mass is 9.84. The summed E-state index contributed by atoms with van der Waals surface area (Å²) >= 11 is 0. The molecule has 2 atom stereocenters. The van der Waals surface area contributed by atoms with Gasteiger partial charge in [0.05, 0.1) is 6.54 Å². The Hall–Kier alpha value is -2.12. The van der Waals surface area contributed by atoms with E-state index < -0.39 is 23.3 Å². The molecule has 0 spiro atoms. The van der Waals surface area contributed by atoms with Crippen LogP contribution in [0.2, 0.25) is 0 Å². The smallest absolute Gasteiger partial charge is 0.137 e. The number of hydrogen-bond donors (Lipinski definition) is 1. The van der Waals surface area contributed by atoms with E-state index in [0.717, 1.165) is 37.1 Å². The number of hydrogen-bond acceptors (Lipinski definition) is 4. The van der Waals surface area contributed by atoms with Crippen molar-refractivity contribution in [2.45, 2.75) is 38.0 Å². The molecule has 5 nitrogen and oxygen atoms in total. The fraction of sp³-hybridized carbons (Fsp3) is 0.444. The lowest BCUT2D eigenvalue weighted by Crippen LogP contribution is -2.53. The Balaban J connectivity index is 2.00. The summed E-state index contributed by atoms with van der Waals surface area (Å²) in [4.78, 5) is 5.95. The predicted molar refractivity (Wildman–Crippen MR) is 89.7 cm³/mol. The zero-order valence-corrected chi connectivity index (χ0v) is 14.2. The molecule has 2 heterocycles. The minimum atomic E-state index is -1.59. The van der Waals surface area contributed by atoms with Crippen LogP contribution in [0.5, 0.6) is 0 Å². The maximum absolute atomic E-state index is 14.5. The van der Waals surface area contributed by atoms with Gasteiger partial charge in [-0.3, -0.25) is 4.90 Å². The van der Waals surface area contributed by atoms with E-state index in [1.165, 1.54) is 23.4 Å². The standard InChI is InChI=1S/C18H22F2N4O/c1-13-4-3-7-23(9-13)14(2)18(25,10-24-12-21-11-22-24)16-6-5-15(19)8-17(16)20/h5-6,8,11-12,14,25H,1,3-4,7,9-10H2,2H3/t14-,18-/m0/s1. The normalized spacial score (nSPS) is 19.6. The number of nitrogens with zero attached hydrogens (tertiary/aromatic N) is 4. The summed E-state index contributed by atoms with van der Waals surface area (Å²) in [6.07, 6.45) is 4.72. The maximum atomic E-state index is 14.5. The predicted octanol–water partition coefficient (Wildman–Crippen LogP) is 2.48. The molecule has 0 bridgehead atoms. The summed E-state index contributed by atoms with van der Waals surface area (Å²) in [7, 11) is 0. The lowest BCUT2D eigenvalue weighted by Gasteiger charge is -2.43. The molecule has 2 aromatic rings. The Bertz CT molecular complexity index is 750. The average molecular weight is 348 g/mol. The van der Waals surface area contributed by atoms with Crippen LogP contribution in [-0.2, 0) is 12.1 Å². The second kappa shape index (κ2) is 7.01.